The van der Waals surface area contributed by atoms with E-state index in [-0.39, 0.29) is 17.9 Å². The van der Waals surface area contributed by atoms with E-state index in [4.69, 9.17) is 0 Å². The molecule has 0 saturated carbocycles. The fourth-order valence-corrected chi connectivity index (χ4v) is 3.45. The molecule has 0 bridgehead atoms. The number of nitrogens with zero attached hydrogens (tertiary/aromatic N) is 3. The second kappa shape index (κ2) is 6.43. The number of piperidine rings is 1. The van der Waals surface area contributed by atoms with E-state index in [1.165, 1.54) is 11.5 Å². The fourth-order valence-electron chi connectivity index (χ4n) is 2.95. The van der Waals surface area contributed by atoms with Gasteiger partial charge in [-0.3, -0.25) is 4.79 Å². The molecule has 3 amide bonds. The van der Waals surface area contributed by atoms with E-state index in [2.05, 4.69) is 9.69 Å². The summed E-state index contributed by atoms with van der Waals surface area (Å²) in [4.78, 5) is 28.2. The summed E-state index contributed by atoms with van der Waals surface area (Å²) in [5.41, 5.74) is 0. The van der Waals surface area contributed by atoms with Gasteiger partial charge in [0.2, 0.25) is 5.91 Å². The predicted molar refractivity (Wildman–Crippen MR) is 81.2 cm³/mol. The topological polar surface area (TPSA) is 65.5 Å². The van der Waals surface area contributed by atoms with Gasteiger partial charge < -0.3 is 15.1 Å². The third-order valence-electron chi connectivity index (χ3n) is 4.20. The second-order valence-electron chi connectivity index (χ2n) is 5.60. The molecule has 21 heavy (non-hydrogen) atoms. The summed E-state index contributed by atoms with van der Waals surface area (Å²) in [7, 11) is 0. The average Bonchev–Trinajstić information content (AvgIpc) is 3.20. The Kier molecular flexibility index (Phi) is 4.38. The first-order valence-corrected chi connectivity index (χ1v) is 8.27. The lowest BCUT2D eigenvalue weighted by atomic mass is 9.96. The zero-order valence-electron chi connectivity index (χ0n) is 12.0. The lowest BCUT2D eigenvalue weighted by Crippen LogP contribution is -2.47. The first-order valence-electron chi connectivity index (χ1n) is 7.49. The second-order valence-corrected chi connectivity index (χ2v) is 6.44. The number of urea groups is 1. The standard InChI is InChI=1S/C14H20N4O2S/c19-13(16-12-3-6-15-21-12)11-4-9-18(10-5-11)14(20)17-7-1-2-8-17/h3,6,11H,1-2,4-5,7-10H2,(H,16,19). The number of anilines is 1. The highest BCUT2D eigenvalue weighted by Gasteiger charge is 2.30. The van der Waals surface area contributed by atoms with Crippen LogP contribution in [0.1, 0.15) is 25.7 Å². The number of amides is 3. The highest BCUT2D eigenvalue weighted by Crippen LogP contribution is 2.22. The van der Waals surface area contributed by atoms with Crippen LogP contribution in [-0.2, 0) is 4.79 Å². The lowest BCUT2D eigenvalue weighted by molar-refractivity contribution is -0.121. The van der Waals surface area contributed by atoms with Crippen LogP contribution < -0.4 is 5.32 Å². The molecule has 3 rings (SSSR count). The molecule has 2 aliphatic rings. The summed E-state index contributed by atoms with van der Waals surface area (Å²) in [5.74, 6) is 0.0437. The maximum absolute atomic E-state index is 12.3. The molecule has 6 nitrogen and oxygen atoms in total. The highest BCUT2D eigenvalue weighted by molar-refractivity contribution is 7.10. The van der Waals surface area contributed by atoms with Crippen LogP contribution in [0.25, 0.3) is 0 Å². The normalized spacial score (nSPS) is 19.8. The maximum Gasteiger partial charge on any atom is 0.319 e. The van der Waals surface area contributed by atoms with Crippen molar-refractivity contribution in [2.75, 3.05) is 31.5 Å². The molecule has 0 aromatic carbocycles. The minimum atomic E-state index is -0.00488. The Balaban J connectivity index is 1.48. The van der Waals surface area contributed by atoms with E-state index in [9.17, 15) is 9.59 Å². The summed E-state index contributed by atoms with van der Waals surface area (Å²) in [6.07, 6.45) is 5.38. The molecule has 1 aromatic heterocycles. The minimum absolute atomic E-state index is 0.00488. The Morgan fingerprint density at radius 2 is 1.81 bits per heavy atom. The van der Waals surface area contributed by atoms with Crippen molar-refractivity contribution in [2.45, 2.75) is 25.7 Å². The molecule has 2 fully saturated rings. The van der Waals surface area contributed by atoms with Gasteiger partial charge in [-0.15, -0.1) is 0 Å². The summed E-state index contributed by atoms with van der Waals surface area (Å²) in [6, 6.07) is 1.95. The van der Waals surface area contributed by atoms with E-state index < -0.39 is 0 Å². The van der Waals surface area contributed by atoms with Gasteiger partial charge >= 0.3 is 6.03 Å². The molecule has 3 heterocycles. The van der Waals surface area contributed by atoms with E-state index in [1.54, 1.807) is 12.3 Å². The Bertz CT molecular complexity index is 491. The third kappa shape index (κ3) is 3.34. The molecule has 1 aromatic rings. The number of hydrogen-bond acceptors (Lipinski definition) is 4. The van der Waals surface area contributed by atoms with Crippen LogP contribution in [0.2, 0.25) is 0 Å². The zero-order chi connectivity index (χ0) is 14.7. The monoisotopic (exact) mass is 308 g/mol. The first-order chi connectivity index (χ1) is 10.2. The molecule has 2 saturated heterocycles. The quantitative estimate of drug-likeness (QED) is 0.909. The Hall–Kier alpha value is -1.63. The summed E-state index contributed by atoms with van der Waals surface area (Å²) < 4.78 is 3.97. The third-order valence-corrected chi connectivity index (χ3v) is 4.86. The molecule has 1 N–H and O–H groups in total. The van der Waals surface area contributed by atoms with Crippen molar-refractivity contribution in [3.05, 3.63) is 12.3 Å². The maximum atomic E-state index is 12.3. The molecule has 114 valence electrons. The minimum Gasteiger partial charge on any atom is -0.325 e. The van der Waals surface area contributed by atoms with Crippen LogP contribution in [-0.4, -0.2) is 52.3 Å². The summed E-state index contributed by atoms with van der Waals surface area (Å²) >= 11 is 1.28. The number of rotatable bonds is 2. The number of carbonyl (C=O) groups excluding carboxylic acids is 2. The van der Waals surface area contributed by atoms with Gasteiger partial charge in [0.15, 0.2) is 0 Å². The molecule has 0 radical (unpaired) electrons. The first kappa shape index (κ1) is 14.3. The van der Waals surface area contributed by atoms with Crippen molar-refractivity contribution in [1.82, 2.24) is 14.2 Å². The van der Waals surface area contributed by atoms with Crippen molar-refractivity contribution in [3.8, 4) is 0 Å². The van der Waals surface area contributed by atoms with Gasteiger partial charge in [-0.25, -0.2) is 4.79 Å². The van der Waals surface area contributed by atoms with Gasteiger partial charge in [-0.2, -0.15) is 4.37 Å². The SMILES string of the molecule is O=C(Nc1ccns1)C1CCN(C(=O)N2CCCC2)CC1. The van der Waals surface area contributed by atoms with E-state index in [0.29, 0.717) is 13.1 Å². The van der Waals surface area contributed by atoms with Crippen molar-refractivity contribution >= 4 is 28.5 Å². The Labute approximate surface area is 128 Å². The summed E-state index contributed by atoms with van der Waals surface area (Å²) in [5, 5.41) is 3.68. The van der Waals surface area contributed by atoms with Gasteiger partial charge in [-0.05, 0) is 43.3 Å². The van der Waals surface area contributed by atoms with Crippen LogP contribution in [0.4, 0.5) is 9.80 Å². The number of aromatic nitrogens is 1. The van der Waals surface area contributed by atoms with Gasteiger partial charge in [-0.1, -0.05) is 0 Å². The van der Waals surface area contributed by atoms with Crippen molar-refractivity contribution < 1.29 is 9.59 Å². The van der Waals surface area contributed by atoms with E-state index in [0.717, 1.165) is 43.8 Å². The Morgan fingerprint density at radius 1 is 1.14 bits per heavy atom. The molecule has 2 aliphatic heterocycles. The lowest BCUT2D eigenvalue weighted by Gasteiger charge is -2.33. The number of likely N-dealkylation sites (tertiary alicyclic amines) is 2. The molecule has 0 spiro atoms. The van der Waals surface area contributed by atoms with Gasteiger partial charge in [0.1, 0.15) is 5.00 Å². The molecule has 0 atom stereocenters. The smallest absolute Gasteiger partial charge is 0.319 e. The van der Waals surface area contributed by atoms with E-state index in [1.807, 2.05) is 9.80 Å². The van der Waals surface area contributed by atoms with Crippen LogP contribution in [0.3, 0.4) is 0 Å². The largest absolute Gasteiger partial charge is 0.325 e. The molecule has 0 unspecified atom stereocenters. The number of carbonyl (C=O) groups is 2. The van der Waals surface area contributed by atoms with Crippen LogP contribution in [0, 0.1) is 5.92 Å². The van der Waals surface area contributed by atoms with Gasteiger partial charge in [0.05, 0.1) is 0 Å². The molecule has 7 heteroatoms. The molecule has 0 aliphatic carbocycles. The van der Waals surface area contributed by atoms with Gasteiger partial charge in [0, 0.05) is 38.3 Å². The van der Waals surface area contributed by atoms with Crippen LogP contribution >= 0.6 is 11.5 Å². The zero-order valence-corrected chi connectivity index (χ0v) is 12.8. The van der Waals surface area contributed by atoms with Crippen molar-refractivity contribution in [3.63, 3.8) is 0 Å². The van der Waals surface area contributed by atoms with Crippen molar-refractivity contribution in [2.24, 2.45) is 5.92 Å². The van der Waals surface area contributed by atoms with Crippen LogP contribution in [0.15, 0.2) is 12.3 Å². The number of hydrogen-bond donors (Lipinski definition) is 1. The molecular formula is C14H20N4O2S. The number of nitrogens with one attached hydrogen (secondary N) is 1. The van der Waals surface area contributed by atoms with Crippen LogP contribution in [0.5, 0.6) is 0 Å². The van der Waals surface area contributed by atoms with Crippen molar-refractivity contribution in [1.29, 1.82) is 0 Å². The predicted octanol–water partition coefficient (Wildman–Crippen LogP) is 2.01. The Morgan fingerprint density at radius 3 is 2.43 bits per heavy atom. The van der Waals surface area contributed by atoms with E-state index >= 15 is 0 Å². The van der Waals surface area contributed by atoms with Gasteiger partial charge in [0.25, 0.3) is 0 Å². The molecular weight excluding hydrogens is 288 g/mol. The highest BCUT2D eigenvalue weighted by atomic mass is 32.1. The fraction of sp³-hybridized carbons (Fsp3) is 0.643. The average molecular weight is 308 g/mol. The summed E-state index contributed by atoms with van der Waals surface area (Å²) in [6.45, 7) is 3.11.